The Morgan fingerprint density at radius 2 is 2.10 bits per heavy atom. The predicted octanol–water partition coefficient (Wildman–Crippen LogP) is 2.16. The Balaban J connectivity index is 2.04. The van der Waals surface area contributed by atoms with Crippen molar-refractivity contribution < 1.29 is 17.9 Å². The second-order valence-electron chi connectivity index (χ2n) is 4.70. The number of methoxy groups -OCH3 is 1. The summed E-state index contributed by atoms with van der Waals surface area (Å²) in [6.07, 6.45) is 1.80. The summed E-state index contributed by atoms with van der Waals surface area (Å²) in [4.78, 5) is 0.234. The zero-order valence-corrected chi connectivity index (χ0v) is 13.7. The lowest BCUT2D eigenvalue weighted by molar-refractivity contribution is 0.0678. The molecule has 1 N–H and O–H groups in total. The number of benzene rings is 1. The lowest BCUT2D eigenvalue weighted by Crippen LogP contribution is -2.32. The van der Waals surface area contributed by atoms with Crippen molar-refractivity contribution >= 4 is 26.0 Å². The normalized spacial score (nSPS) is 17.1. The maximum atomic E-state index is 12.2. The van der Waals surface area contributed by atoms with E-state index < -0.39 is 10.0 Å². The van der Waals surface area contributed by atoms with Gasteiger partial charge >= 0.3 is 0 Å². The summed E-state index contributed by atoms with van der Waals surface area (Å²) < 4.78 is 38.1. The smallest absolute Gasteiger partial charge is 0.240 e. The third-order valence-corrected chi connectivity index (χ3v) is 5.38. The molecule has 0 radical (unpaired) electrons. The Kier molecular flexibility index (Phi) is 5.42. The SMILES string of the molecule is COc1ccc(S(=O)(=O)NCC2CCOCC2)cc1Br. The maximum Gasteiger partial charge on any atom is 0.240 e. The van der Waals surface area contributed by atoms with E-state index in [1.165, 1.54) is 13.2 Å². The Bertz CT molecular complexity index is 555. The van der Waals surface area contributed by atoms with Crippen molar-refractivity contribution in [2.75, 3.05) is 26.9 Å². The fourth-order valence-electron chi connectivity index (χ4n) is 2.08. The largest absolute Gasteiger partial charge is 0.496 e. The van der Waals surface area contributed by atoms with Gasteiger partial charge < -0.3 is 9.47 Å². The molecule has 112 valence electrons. The molecule has 1 fully saturated rings. The topological polar surface area (TPSA) is 64.6 Å². The Hall–Kier alpha value is -0.630. The summed E-state index contributed by atoms with van der Waals surface area (Å²) in [5.74, 6) is 0.952. The zero-order chi connectivity index (χ0) is 14.6. The Morgan fingerprint density at radius 3 is 2.70 bits per heavy atom. The van der Waals surface area contributed by atoms with Gasteiger partial charge in [0.15, 0.2) is 0 Å². The van der Waals surface area contributed by atoms with Crippen LogP contribution in [0.4, 0.5) is 0 Å². The quantitative estimate of drug-likeness (QED) is 0.870. The van der Waals surface area contributed by atoms with Crippen LogP contribution in [0.15, 0.2) is 27.6 Å². The van der Waals surface area contributed by atoms with Crippen LogP contribution in [0, 0.1) is 5.92 Å². The second kappa shape index (κ2) is 6.89. The molecule has 0 saturated carbocycles. The average Bonchev–Trinajstić information content (AvgIpc) is 2.46. The van der Waals surface area contributed by atoms with Gasteiger partial charge in [-0.25, -0.2) is 13.1 Å². The van der Waals surface area contributed by atoms with Crippen LogP contribution >= 0.6 is 15.9 Å². The molecule has 0 amide bonds. The van der Waals surface area contributed by atoms with Gasteiger partial charge in [-0.1, -0.05) is 0 Å². The van der Waals surface area contributed by atoms with E-state index in [9.17, 15) is 8.42 Å². The number of nitrogens with one attached hydrogen (secondary N) is 1. The first-order valence-electron chi connectivity index (χ1n) is 6.44. The molecule has 1 heterocycles. The van der Waals surface area contributed by atoms with Crippen LogP contribution < -0.4 is 9.46 Å². The summed E-state index contributed by atoms with van der Waals surface area (Å²) in [6.45, 7) is 1.87. The molecular weight excluding hydrogens is 346 g/mol. The minimum absolute atomic E-state index is 0.234. The molecule has 20 heavy (non-hydrogen) atoms. The molecule has 1 aromatic carbocycles. The van der Waals surface area contributed by atoms with Crippen LogP contribution in [0.2, 0.25) is 0 Å². The molecule has 0 unspecified atom stereocenters. The monoisotopic (exact) mass is 363 g/mol. The molecule has 0 aliphatic carbocycles. The van der Waals surface area contributed by atoms with Crippen LogP contribution in [0.3, 0.4) is 0 Å². The van der Waals surface area contributed by atoms with Gasteiger partial charge in [0.2, 0.25) is 10.0 Å². The Labute approximate surface area is 127 Å². The first-order chi connectivity index (χ1) is 9.53. The van der Waals surface area contributed by atoms with Crippen LogP contribution in [-0.2, 0) is 14.8 Å². The standard InChI is InChI=1S/C13H18BrNO4S/c1-18-13-3-2-11(8-12(13)14)20(16,17)15-9-10-4-6-19-7-5-10/h2-3,8,10,15H,4-7,9H2,1H3. The van der Waals surface area contributed by atoms with Crippen molar-refractivity contribution in [3.8, 4) is 5.75 Å². The van der Waals surface area contributed by atoms with Gasteiger partial charge in [0.05, 0.1) is 16.5 Å². The van der Waals surface area contributed by atoms with Crippen molar-refractivity contribution in [1.82, 2.24) is 4.72 Å². The number of rotatable bonds is 5. The number of halogens is 1. The van der Waals surface area contributed by atoms with E-state index in [0.717, 1.165) is 12.8 Å². The van der Waals surface area contributed by atoms with E-state index in [-0.39, 0.29) is 4.90 Å². The van der Waals surface area contributed by atoms with E-state index >= 15 is 0 Å². The van der Waals surface area contributed by atoms with E-state index in [0.29, 0.717) is 35.9 Å². The van der Waals surface area contributed by atoms with Crippen LogP contribution in [-0.4, -0.2) is 35.3 Å². The van der Waals surface area contributed by atoms with Gasteiger partial charge in [0.1, 0.15) is 5.75 Å². The van der Waals surface area contributed by atoms with E-state index in [2.05, 4.69) is 20.7 Å². The first kappa shape index (κ1) is 15.8. The molecule has 7 heteroatoms. The van der Waals surface area contributed by atoms with Gasteiger partial charge in [-0.05, 0) is 52.9 Å². The minimum atomic E-state index is -3.48. The summed E-state index contributed by atoms with van der Waals surface area (Å²) in [5.41, 5.74) is 0. The zero-order valence-electron chi connectivity index (χ0n) is 11.3. The van der Waals surface area contributed by atoms with E-state index in [1.54, 1.807) is 12.1 Å². The van der Waals surface area contributed by atoms with Crippen LogP contribution in [0.1, 0.15) is 12.8 Å². The highest BCUT2D eigenvalue weighted by Crippen LogP contribution is 2.27. The maximum absolute atomic E-state index is 12.2. The van der Waals surface area contributed by atoms with Gasteiger partial charge in [-0.2, -0.15) is 0 Å². The predicted molar refractivity (Wildman–Crippen MR) is 79.4 cm³/mol. The highest BCUT2D eigenvalue weighted by Gasteiger charge is 2.19. The van der Waals surface area contributed by atoms with Gasteiger partial charge in [-0.15, -0.1) is 0 Å². The van der Waals surface area contributed by atoms with Crippen molar-refractivity contribution in [1.29, 1.82) is 0 Å². The van der Waals surface area contributed by atoms with Gasteiger partial charge in [0, 0.05) is 19.8 Å². The lowest BCUT2D eigenvalue weighted by Gasteiger charge is -2.22. The number of sulfonamides is 1. The van der Waals surface area contributed by atoms with Crippen molar-refractivity contribution in [3.63, 3.8) is 0 Å². The van der Waals surface area contributed by atoms with E-state index in [1.807, 2.05) is 0 Å². The molecule has 0 bridgehead atoms. The molecule has 1 aliphatic rings. The molecule has 1 aromatic rings. The summed E-state index contributed by atoms with van der Waals surface area (Å²) >= 11 is 3.29. The number of ether oxygens (including phenoxy) is 2. The molecular formula is C13H18BrNO4S. The van der Waals surface area contributed by atoms with E-state index in [4.69, 9.17) is 9.47 Å². The van der Waals surface area contributed by atoms with Gasteiger partial charge in [0.25, 0.3) is 0 Å². The fraction of sp³-hybridized carbons (Fsp3) is 0.538. The van der Waals surface area contributed by atoms with Crippen molar-refractivity contribution in [2.45, 2.75) is 17.7 Å². The second-order valence-corrected chi connectivity index (χ2v) is 7.33. The third-order valence-electron chi connectivity index (χ3n) is 3.34. The lowest BCUT2D eigenvalue weighted by atomic mass is 10.0. The summed E-state index contributed by atoms with van der Waals surface area (Å²) in [7, 11) is -1.94. The molecule has 0 spiro atoms. The number of hydrogen-bond acceptors (Lipinski definition) is 4. The molecule has 0 aromatic heterocycles. The van der Waals surface area contributed by atoms with Crippen LogP contribution in [0.5, 0.6) is 5.75 Å². The molecule has 1 saturated heterocycles. The highest BCUT2D eigenvalue weighted by atomic mass is 79.9. The third kappa shape index (κ3) is 3.94. The summed E-state index contributed by atoms with van der Waals surface area (Å²) in [5, 5.41) is 0. The number of hydrogen-bond donors (Lipinski definition) is 1. The van der Waals surface area contributed by atoms with Crippen molar-refractivity contribution in [2.24, 2.45) is 5.92 Å². The Morgan fingerprint density at radius 1 is 1.40 bits per heavy atom. The van der Waals surface area contributed by atoms with Gasteiger partial charge in [-0.3, -0.25) is 0 Å². The minimum Gasteiger partial charge on any atom is -0.496 e. The molecule has 0 atom stereocenters. The molecule has 2 rings (SSSR count). The summed E-state index contributed by atoms with van der Waals surface area (Å²) in [6, 6.07) is 4.72. The molecule has 5 nitrogen and oxygen atoms in total. The highest BCUT2D eigenvalue weighted by molar-refractivity contribution is 9.10. The molecule has 1 aliphatic heterocycles. The van der Waals surface area contributed by atoms with Crippen molar-refractivity contribution in [3.05, 3.63) is 22.7 Å². The van der Waals surface area contributed by atoms with Crippen LogP contribution in [0.25, 0.3) is 0 Å². The first-order valence-corrected chi connectivity index (χ1v) is 8.71. The fourth-order valence-corrected chi connectivity index (χ4v) is 3.91. The average molecular weight is 364 g/mol.